The van der Waals surface area contributed by atoms with Crippen molar-refractivity contribution in [3.05, 3.63) is 100 Å². The molecule has 0 aliphatic rings. The summed E-state index contributed by atoms with van der Waals surface area (Å²) in [6, 6.07) is 22.4. The summed E-state index contributed by atoms with van der Waals surface area (Å²) in [4.78, 5) is 12.1. The minimum atomic E-state index is -0.238. The van der Waals surface area contributed by atoms with Crippen molar-refractivity contribution >= 4 is 23.7 Å². The highest BCUT2D eigenvalue weighted by Crippen LogP contribution is 2.16. The number of aryl methyl sites for hydroxylation is 1. The van der Waals surface area contributed by atoms with Gasteiger partial charge in [-0.05, 0) is 53.9 Å². The van der Waals surface area contributed by atoms with Gasteiger partial charge in [0.25, 0.3) is 5.91 Å². The van der Waals surface area contributed by atoms with Crippen LogP contribution in [0.2, 0.25) is 5.02 Å². The summed E-state index contributed by atoms with van der Waals surface area (Å²) in [5, 5.41) is 4.71. The van der Waals surface area contributed by atoms with Gasteiger partial charge in [0.15, 0.2) is 0 Å². The third-order valence-electron chi connectivity index (χ3n) is 3.92. The lowest BCUT2D eigenvalue weighted by atomic mass is 10.1. The van der Waals surface area contributed by atoms with E-state index in [1.54, 1.807) is 12.3 Å². The molecule has 5 heteroatoms. The summed E-state index contributed by atoms with van der Waals surface area (Å²) in [7, 11) is 0. The molecule has 27 heavy (non-hydrogen) atoms. The fourth-order valence-corrected chi connectivity index (χ4v) is 2.74. The Morgan fingerprint density at radius 3 is 2.70 bits per heavy atom. The van der Waals surface area contributed by atoms with Crippen molar-refractivity contribution in [1.29, 1.82) is 0 Å². The van der Waals surface area contributed by atoms with Crippen LogP contribution in [0.5, 0.6) is 5.75 Å². The number of rotatable bonds is 6. The van der Waals surface area contributed by atoms with Crippen molar-refractivity contribution < 1.29 is 9.53 Å². The number of nitrogens with one attached hydrogen (secondary N) is 1. The number of amides is 1. The molecule has 0 spiro atoms. The standard InChI is InChI=1S/C22H19ClN2O2/c1-16-6-2-3-11-21(16)22(26)25-24-14-17-7-5-10-20(13-17)27-15-18-8-4-9-19(23)12-18/h2-14H,15H2,1H3,(H,25,26)/b24-14+. The first kappa shape index (κ1) is 18.7. The van der Waals surface area contributed by atoms with E-state index < -0.39 is 0 Å². The van der Waals surface area contributed by atoms with E-state index in [0.29, 0.717) is 22.9 Å². The van der Waals surface area contributed by atoms with Crippen LogP contribution >= 0.6 is 11.6 Å². The molecule has 0 saturated carbocycles. The number of carbonyl (C=O) groups is 1. The van der Waals surface area contributed by atoms with Crippen LogP contribution in [0, 0.1) is 6.92 Å². The van der Waals surface area contributed by atoms with Crippen LogP contribution in [0.15, 0.2) is 77.9 Å². The number of hydrogen-bond donors (Lipinski definition) is 1. The molecule has 0 radical (unpaired) electrons. The van der Waals surface area contributed by atoms with Gasteiger partial charge in [-0.2, -0.15) is 5.10 Å². The van der Waals surface area contributed by atoms with Crippen molar-refractivity contribution in [1.82, 2.24) is 5.43 Å². The molecule has 3 aromatic carbocycles. The summed E-state index contributed by atoms with van der Waals surface area (Å²) >= 11 is 5.98. The van der Waals surface area contributed by atoms with Crippen molar-refractivity contribution in [2.45, 2.75) is 13.5 Å². The lowest BCUT2D eigenvalue weighted by molar-refractivity contribution is 0.0954. The molecule has 0 aromatic heterocycles. The molecule has 0 bridgehead atoms. The second kappa shape index (κ2) is 9.01. The fourth-order valence-electron chi connectivity index (χ4n) is 2.53. The molecule has 1 amide bonds. The van der Waals surface area contributed by atoms with Crippen molar-refractivity contribution in [2.24, 2.45) is 5.10 Å². The third-order valence-corrected chi connectivity index (χ3v) is 4.16. The minimum Gasteiger partial charge on any atom is -0.489 e. The summed E-state index contributed by atoms with van der Waals surface area (Å²) in [5.41, 5.74) is 5.87. The van der Waals surface area contributed by atoms with E-state index in [2.05, 4.69) is 10.5 Å². The van der Waals surface area contributed by atoms with E-state index in [9.17, 15) is 4.79 Å². The van der Waals surface area contributed by atoms with Crippen molar-refractivity contribution in [3.63, 3.8) is 0 Å². The summed E-state index contributed by atoms with van der Waals surface area (Å²) in [6.07, 6.45) is 1.59. The normalized spacial score (nSPS) is 10.7. The SMILES string of the molecule is Cc1ccccc1C(=O)N/N=C/c1cccc(OCc2cccc(Cl)c2)c1. The molecule has 0 atom stereocenters. The third kappa shape index (κ3) is 5.43. The van der Waals surface area contributed by atoms with Crippen LogP contribution in [-0.2, 0) is 6.61 Å². The molecule has 0 unspecified atom stereocenters. The van der Waals surface area contributed by atoms with Gasteiger partial charge in [-0.1, -0.05) is 54.1 Å². The number of hydrogen-bond acceptors (Lipinski definition) is 3. The van der Waals surface area contributed by atoms with Crippen LogP contribution in [0.3, 0.4) is 0 Å². The Balaban J connectivity index is 1.59. The molecule has 136 valence electrons. The van der Waals surface area contributed by atoms with E-state index in [4.69, 9.17) is 16.3 Å². The zero-order valence-corrected chi connectivity index (χ0v) is 15.6. The molecule has 0 aliphatic heterocycles. The first-order chi connectivity index (χ1) is 13.1. The number of ether oxygens (including phenoxy) is 1. The average molecular weight is 379 g/mol. The predicted molar refractivity (Wildman–Crippen MR) is 108 cm³/mol. The Hall–Kier alpha value is -3.11. The van der Waals surface area contributed by atoms with Crippen molar-refractivity contribution in [2.75, 3.05) is 0 Å². The van der Waals surface area contributed by atoms with Gasteiger partial charge in [0.1, 0.15) is 12.4 Å². The number of carbonyl (C=O) groups excluding carboxylic acids is 1. The minimum absolute atomic E-state index is 0.238. The Morgan fingerprint density at radius 1 is 1.07 bits per heavy atom. The zero-order valence-electron chi connectivity index (χ0n) is 14.9. The van der Waals surface area contributed by atoms with E-state index in [-0.39, 0.29) is 5.91 Å². The highest BCUT2D eigenvalue weighted by atomic mass is 35.5. The van der Waals surface area contributed by atoms with Gasteiger partial charge in [0.05, 0.1) is 6.21 Å². The maximum Gasteiger partial charge on any atom is 0.271 e. The van der Waals surface area contributed by atoms with Gasteiger partial charge in [-0.25, -0.2) is 5.43 Å². The number of benzene rings is 3. The maximum absolute atomic E-state index is 12.1. The molecule has 3 aromatic rings. The number of nitrogens with zero attached hydrogens (tertiary/aromatic N) is 1. The molecule has 4 nitrogen and oxygen atoms in total. The van der Waals surface area contributed by atoms with Gasteiger partial charge in [-0.3, -0.25) is 4.79 Å². The first-order valence-corrected chi connectivity index (χ1v) is 8.86. The van der Waals surface area contributed by atoms with Crippen molar-refractivity contribution in [3.8, 4) is 5.75 Å². The monoisotopic (exact) mass is 378 g/mol. The fraction of sp³-hybridized carbons (Fsp3) is 0.0909. The predicted octanol–water partition coefficient (Wildman–Crippen LogP) is 4.99. The molecule has 0 heterocycles. The summed E-state index contributed by atoms with van der Waals surface area (Å²) in [5.74, 6) is 0.474. The highest BCUT2D eigenvalue weighted by Gasteiger charge is 2.06. The molecular weight excluding hydrogens is 360 g/mol. The van der Waals surface area contributed by atoms with Crippen LogP contribution in [0.1, 0.15) is 27.0 Å². The Kier molecular flexibility index (Phi) is 6.23. The molecular formula is C22H19ClN2O2. The Morgan fingerprint density at radius 2 is 1.89 bits per heavy atom. The molecule has 0 fully saturated rings. The second-order valence-corrected chi connectivity index (χ2v) is 6.44. The molecule has 3 rings (SSSR count). The lowest BCUT2D eigenvalue weighted by Crippen LogP contribution is -2.18. The maximum atomic E-state index is 12.1. The highest BCUT2D eigenvalue weighted by molar-refractivity contribution is 6.30. The largest absolute Gasteiger partial charge is 0.489 e. The van der Waals surface area contributed by atoms with Gasteiger partial charge < -0.3 is 4.74 Å². The smallest absolute Gasteiger partial charge is 0.271 e. The van der Waals surface area contributed by atoms with Crippen LogP contribution in [0.4, 0.5) is 0 Å². The number of hydrazone groups is 1. The molecule has 1 N–H and O–H groups in total. The van der Waals surface area contributed by atoms with E-state index in [1.807, 2.05) is 73.7 Å². The van der Waals surface area contributed by atoms with E-state index in [0.717, 1.165) is 16.7 Å². The average Bonchev–Trinajstić information content (AvgIpc) is 2.67. The van der Waals surface area contributed by atoms with Crippen LogP contribution in [-0.4, -0.2) is 12.1 Å². The van der Waals surface area contributed by atoms with Gasteiger partial charge >= 0.3 is 0 Å². The molecule has 0 aliphatic carbocycles. The van der Waals surface area contributed by atoms with E-state index >= 15 is 0 Å². The van der Waals surface area contributed by atoms with Gasteiger partial charge in [-0.15, -0.1) is 0 Å². The molecule has 0 saturated heterocycles. The summed E-state index contributed by atoms with van der Waals surface area (Å²) < 4.78 is 5.79. The van der Waals surface area contributed by atoms with Crippen LogP contribution < -0.4 is 10.2 Å². The number of halogens is 1. The quantitative estimate of drug-likeness (QED) is 0.485. The van der Waals surface area contributed by atoms with Gasteiger partial charge in [0.2, 0.25) is 0 Å². The van der Waals surface area contributed by atoms with E-state index in [1.165, 1.54) is 0 Å². The lowest BCUT2D eigenvalue weighted by Gasteiger charge is -2.07. The topological polar surface area (TPSA) is 50.7 Å². The van der Waals surface area contributed by atoms with Crippen LogP contribution in [0.25, 0.3) is 0 Å². The summed E-state index contributed by atoms with van der Waals surface area (Å²) in [6.45, 7) is 2.31. The Bertz CT molecular complexity index is 970. The van der Waals surface area contributed by atoms with Gasteiger partial charge in [0, 0.05) is 10.6 Å². The first-order valence-electron chi connectivity index (χ1n) is 8.48. The Labute approximate surface area is 163 Å². The second-order valence-electron chi connectivity index (χ2n) is 6.01. The zero-order chi connectivity index (χ0) is 19.1.